The molecule has 0 unspecified atom stereocenters. The number of hydrogen-bond acceptors (Lipinski definition) is 4. The maximum absolute atomic E-state index is 12.7. The van der Waals surface area contributed by atoms with Gasteiger partial charge in [0.1, 0.15) is 17.1 Å². The Morgan fingerprint density at radius 1 is 1.30 bits per heavy atom. The summed E-state index contributed by atoms with van der Waals surface area (Å²) in [6, 6.07) is 1.63. The van der Waals surface area contributed by atoms with Crippen molar-refractivity contribution in [2.45, 2.75) is 12.6 Å². The molecule has 1 aliphatic rings. The van der Waals surface area contributed by atoms with Gasteiger partial charge in [0.05, 0.1) is 6.61 Å². The molecule has 0 bridgehead atoms. The van der Waals surface area contributed by atoms with E-state index in [0.717, 1.165) is 6.07 Å². The van der Waals surface area contributed by atoms with Crippen LogP contribution >= 0.6 is 0 Å². The normalized spacial score (nSPS) is 16.9. The first-order chi connectivity index (χ1) is 9.39. The van der Waals surface area contributed by atoms with Crippen molar-refractivity contribution in [3.05, 3.63) is 23.4 Å². The Balaban J connectivity index is 2.43. The van der Waals surface area contributed by atoms with Crippen molar-refractivity contribution < 1.29 is 27.8 Å². The van der Waals surface area contributed by atoms with Crippen molar-refractivity contribution in [3.63, 3.8) is 0 Å². The van der Waals surface area contributed by atoms with Crippen LogP contribution in [-0.4, -0.2) is 42.4 Å². The van der Waals surface area contributed by atoms with Crippen molar-refractivity contribution >= 4 is 11.8 Å². The minimum Gasteiger partial charge on any atom is -0.478 e. The van der Waals surface area contributed by atoms with E-state index >= 15 is 0 Å². The van der Waals surface area contributed by atoms with Crippen molar-refractivity contribution in [1.82, 2.24) is 4.98 Å². The smallest absolute Gasteiger partial charge is 0.433 e. The van der Waals surface area contributed by atoms with E-state index in [-0.39, 0.29) is 11.4 Å². The van der Waals surface area contributed by atoms with Gasteiger partial charge in [0, 0.05) is 19.7 Å². The number of anilines is 1. The molecule has 0 saturated carbocycles. The molecule has 1 aromatic heterocycles. The fraction of sp³-hybridized carbons (Fsp3) is 0.500. The molecule has 1 aliphatic heterocycles. The summed E-state index contributed by atoms with van der Waals surface area (Å²) in [5.41, 5.74) is -1.33. The number of rotatable bonds is 2. The first-order valence-corrected chi connectivity index (χ1v) is 6.04. The van der Waals surface area contributed by atoms with E-state index in [1.165, 1.54) is 4.90 Å². The molecular formula is C12H13F3N2O3. The fourth-order valence-electron chi connectivity index (χ4n) is 1.97. The lowest BCUT2D eigenvalue weighted by Crippen LogP contribution is -2.29. The van der Waals surface area contributed by atoms with E-state index in [9.17, 15) is 18.0 Å². The van der Waals surface area contributed by atoms with Gasteiger partial charge in [0.2, 0.25) is 0 Å². The van der Waals surface area contributed by atoms with Crippen LogP contribution in [0.2, 0.25) is 0 Å². The molecule has 110 valence electrons. The monoisotopic (exact) mass is 290 g/mol. The molecule has 2 rings (SSSR count). The third-order valence-electron chi connectivity index (χ3n) is 2.92. The van der Waals surface area contributed by atoms with E-state index in [1.807, 2.05) is 0 Å². The quantitative estimate of drug-likeness (QED) is 0.903. The lowest BCUT2D eigenvalue weighted by atomic mass is 10.2. The minimum absolute atomic E-state index is 0.155. The largest absolute Gasteiger partial charge is 0.478 e. The van der Waals surface area contributed by atoms with Gasteiger partial charge in [0.15, 0.2) is 0 Å². The number of carboxylic acid groups (broad SMARTS) is 1. The van der Waals surface area contributed by atoms with Crippen molar-refractivity contribution in [2.75, 3.05) is 31.2 Å². The summed E-state index contributed by atoms with van der Waals surface area (Å²) in [4.78, 5) is 16.1. The van der Waals surface area contributed by atoms with Gasteiger partial charge >= 0.3 is 12.1 Å². The molecule has 0 aromatic carbocycles. The molecule has 0 radical (unpaired) electrons. The van der Waals surface area contributed by atoms with Crippen molar-refractivity contribution in [2.24, 2.45) is 0 Å². The zero-order valence-corrected chi connectivity index (χ0v) is 10.5. The Kier molecular flexibility index (Phi) is 4.12. The summed E-state index contributed by atoms with van der Waals surface area (Å²) in [5, 5.41) is 9.08. The van der Waals surface area contributed by atoms with Crippen LogP contribution < -0.4 is 4.90 Å². The maximum Gasteiger partial charge on any atom is 0.433 e. The molecule has 2 heterocycles. The molecule has 1 saturated heterocycles. The van der Waals surface area contributed by atoms with Gasteiger partial charge in [-0.15, -0.1) is 0 Å². The van der Waals surface area contributed by atoms with Crippen LogP contribution in [0.25, 0.3) is 0 Å². The van der Waals surface area contributed by atoms with Crippen LogP contribution in [-0.2, 0) is 10.9 Å². The number of pyridine rings is 1. The molecule has 1 fully saturated rings. The molecule has 1 N–H and O–H groups in total. The topological polar surface area (TPSA) is 62.7 Å². The van der Waals surface area contributed by atoms with Crippen LogP contribution in [0.5, 0.6) is 0 Å². The highest BCUT2D eigenvalue weighted by molar-refractivity contribution is 5.93. The van der Waals surface area contributed by atoms with Gasteiger partial charge in [-0.1, -0.05) is 0 Å². The summed E-state index contributed by atoms with van der Waals surface area (Å²) < 4.78 is 43.3. The van der Waals surface area contributed by atoms with Gasteiger partial charge in [-0.3, -0.25) is 0 Å². The standard InChI is InChI=1S/C12H13F3N2O3/c13-12(14,15)9-3-2-8(11(18)19)10(16-9)17-4-1-6-20-7-5-17/h2-3H,1,4-7H2,(H,18,19). The van der Waals surface area contributed by atoms with Crippen LogP contribution in [0, 0.1) is 0 Å². The number of nitrogens with zero attached hydrogens (tertiary/aromatic N) is 2. The number of ether oxygens (including phenoxy) is 1. The summed E-state index contributed by atoms with van der Waals surface area (Å²) in [6.07, 6.45) is -3.99. The Bertz CT molecular complexity index is 497. The van der Waals surface area contributed by atoms with Crippen LogP contribution in [0.15, 0.2) is 12.1 Å². The maximum atomic E-state index is 12.7. The molecule has 0 amide bonds. The minimum atomic E-state index is -4.60. The third-order valence-corrected chi connectivity index (χ3v) is 2.92. The van der Waals surface area contributed by atoms with Crippen molar-refractivity contribution in [1.29, 1.82) is 0 Å². The summed E-state index contributed by atoms with van der Waals surface area (Å²) in [6.45, 7) is 1.55. The van der Waals surface area contributed by atoms with E-state index < -0.39 is 17.8 Å². The molecule has 8 heteroatoms. The summed E-state index contributed by atoms with van der Waals surface area (Å²) in [5.74, 6) is -1.45. The van der Waals surface area contributed by atoms with Gasteiger partial charge in [-0.05, 0) is 18.6 Å². The molecule has 5 nitrogen and oxygen atoms in total. The number of hydrogen-bond donors (Lipinski definition) is 1. The summed E-state index contributed by atoms with van der Waals surface area (Å²) >= 11 is 0. The van der Waals surface area contributed by atoms with Crippen molar-refractivity contribution in [3.8, 4) is 0 Å². The molecule has 0 spiro atoms. The number of aromatic carboxylic acids is 1. The zero-order valence-electron chi connectivity index (χ0n) is 10.5. The van der Waals surface area contributed by atoms with Gasteiger partial charge in [0.25, 0.3) is 0 Å². The SMILES string of the molecule is O=C(O)c1ccc(C(F)(F)F)nc1N1CCCOCC1. The Labute approximate surface area is 113 Å². The Morgan fingerprint density at radius 2 is 2.05 bits per heavy atom. The van der Waals surface area contributed by atoms with E-state index in [1.54, 1.807) is 0 Å². The Hall–Kier alpha value is -1.83. The predicted octanol–water partition coefficient (Wildman–Crippen LogP) is 2.03. The third kappa shape index (κ3) is 3.19. The number of aromatic nitrogens is 1. The van der Waals surface area contributed by atoms with E-state index in [0.29, 0.717) is 38.8 Å². The second-order valence-corrected chi connectivity index (χ2v) is 4.32. The highest BCUT2D eigenvalue weighted by atomic mass is 19.4. The highest BCUT2D eigenvalue weighted by Crippen LogP contribution is 2.30. The average Bonchev–Trinajstić information content (AvgIpc) is 2.65. The van der Waals surface area contributed by atoms with Gasteiger partial charge in [-0.25, -0.2) is 9.78 Å². The van der Waals surface area contributed by atoms with Crippen LogP contribution in [0.1, 0.15) is 22.5 Å². The molecule has 20 heavy (non-hydrogen) atoms. The second-order valence-electron chi connectivity index (χ2n) is 4.32. The van der Waals surface area contributed by atoms with E-state index in [4.69, 9.17) is 9.84 Å². The van der Waals surface area contributed by atoms with E-state index in [2.05, 4.69) is 4.98 Å². The lowest BCUT2D eigenvalue weighted by Gasteiger charge is -2.23. The predicted molar refractivity (Wildman–Crippen MR) is 63.8 cm³/mol. The zero-order chi connectivity index (χ0) is 14.8. The molecule has 1 aromatic rings. The number of carbonyl (C=O) groups is 1. The fourth-order valence-corrected chi connectivity index (χ4v) is 1.97. The summed E-state index contributed by atoms with van der Waals surface area (Å²) in [7, 11) is 0. The average molecular weight is 290 g/mol. The van der Waals surface area contributed by atoms with Gasteiger partial charge in [-0.2, -0.15) is 13.2 Å². The molecule has 0 aliphatic carbocycles. The second kappa shape index (κ2) is 5.66. The first-order valence-electron chi connectivity index (χ1n) is 6.04. The first kappa shape index (κ1) is 14.6. The highest BCUT2D eigenvalue weighted by Gasteiger charge is 2.34. The van der Waals surface area contributed by atoms with Crippen LogP contribution in [0.4, 0.5) is 19.0 Å². The number of alkyl halides is 3. The molecular weight excluding hydrogens is 277 g/mol. The van der Waals surface area contributed by atoms with Gasteiger partial charge < -0.3 is 14.7 Å². The van der Waals surface area contributed by atoms with Crippen LogP contribution in [0.3, 0.4) is 0 Å². The lowest BCUT2D eigenvalue weighted by molar-refractivity contribution is -0.141. The Morgan fingerprint density at radius 3 is 2.70 bits per heavy atom. The molecule has 0 atom stereocenters. The number of halogens is 3. The number of carboxylic acids is 1.